The Morgan fingerprint density at radius 3 is 1.91 bits per heavy atom. The molecular formula is C82H85BN2OS. The van der Waals surface area contributed by atoms with E-state index in [1.807, 2.05) is 0 Å². The summed E-state index contributed by atoms with van der Waals surface area (Å²) in [6, 6.07) is 58.8. The van der Waals surface area contributed by atoms with Gasteiger partial charge in [-0.15, -0.1) is 11.3 Å². The Kier molecular flexibility index (Phi) is 11.2. The Hall–Kier alpha value is -6.82. The summed E-state index contributed by atoms with van der Waals surface area (Å²) in [5, 5.41) is 3.73. The van der Waals surface area contributed by atoms with E-state index >= 15 is 0 Å². The molecule has 4 heterocycles. The fraction of sp³-hybridized carbons (Fsp3) is 0.390. The van der Waals surface area contributed by atoms with Crippen LogP contribution in [-0.2, 0) is 27.1 Å². The van der Waals surface area contributed by atoms with Gasteiger partial charge in [0.05, 0.1) is 5.69 Å². The third kappa shape index (κ3) is 7.36. The molecule has 0 radical (unpaired) electrons. The molecule has 3 saturated carbocycles. The maximum absolute atomic E-state index is 6.85. The molecule has 2 aromatic heterocycles. The molecule has 1 spiro atoms. The molecule has 10 aromatic rings. The van der Waals surface area contributed by atoms with Crippen molar-refractivity contribution < 1.29 is 4.42 Å². The highest BCUT2D eigenvalue weighted by atomic mass is 32.1. The minimum atomic E-state index is -0.152. The average molecular weight is 1160 g/mol. The van der Waals surface area contributed by atoms with Crippen LogP contribution in [0.2, 0.25) is 0 Å². The zero-order chi connectivity index (χ0) is 59.9. The zero-order valence-corrected chi connectivity index (χ0v) is 54.7. The predicted octanol–water partition coefficient (Wildman–Crippen LogP) is 21.7. The van der Waals surface area contributed by atoms with E-state index in [1.165, 1.54) is 179 Å². The number of rotatable bonds is 4. The summed E-state index contributed by atoms with van der Waals surface area (Å²) < 4.78 is 9.70. The lowest BCUT2D eigenvalue weighted by Crippen LogP contribution is -2.60. The van der Waals surface area contributed by atoms with Gasteiger partial charge in [-0.1, -0.05) is 182 Å². The molecule has 8 aromatic carbocycles. The van der Waals surface area contributed by atoms with E-state index in [4.69, 9.17) is 4.42 Å². The highest BCUT2D eigenvalue weighted by Crippen LogP contribution is 2.78. The highest BCUT2D eigenvalue weighted by Gasteiger charge is 2.71. The maximum Gasteiger partial charge on any atom is 0.264 e. The molecule has 2 aliphatic heterocycles. The number of furan rings is 1. The van der Waals surface area contributed by atoms with Crippen molar-refractivity contribution in [3.8, 4) is 22.3 Å². The van der Waals surface area contributed by atoms with Gasteiger partial charge in [-0.05, 0) is 229 Å². The van der Waals surface area contributed by atoms with Crippen LogP contribution in [-0.4, -0.2) is 6.71 Å². The topological polar surface area (TPSA) is 19.6 Å². The van der Waals surface area contributed by atoms with Crippen LogP contribution in [0.3, 0.4) is 0 Å². The molecule has 0 saturated heterocycles. The molecule has 5 heteroatoms. The van der Waals surface area contributed by atoms with Gasteiger partial charge < -0.3 is 14.2 Å². The number of nitrogens with zero attached hydrogens (tertiary/aromatic N) is 2. The molecule has 2 bridgehead atoms. The van der Waals surface area contributed by atoms with Crippen molar-refractivity contribution >= 4 is 99.9 Å². The van der Waals surface area contributed by atoms with Gasteiger partial charge in [0, 0.05) is 65.1 Å². The largest absolute Gasteiger partial charge is 0.455 e. The van der Waals surface area contributed by atoms with Gasteiger partial charge >= 0.3 is 0 Å². The summed E-state index contributed by atoms with van der Waals surface area (Å²) in [6.07, 6.45) is 12.7. The van der Waals surface area contributed by atoms with Crippen molar-refractivity contribution in [3.05, 3.63) is 185 Å². The van der Waals surface area contributed by atoms with Crippen molar-refractivity contribution in [2.45, 2.75) is 187 Å². The van der Waals surface area contributed by atoms with Gasteiger partial charge in [-0.2, -0.15) is 0 Å². The van der Waals surface area contributed by atoms with Crippen molar-refractivity contribution in [1.82, 2.24) is 0 Å². The van der Waals surface area contributed by atoms with Crippen molar-refractivity contribution in [2.75, 3.05) is 9.80 Å². The minimum absolute atomic E-state index is 0.0356. The first-order valence-corrected chi connectivity index (χ1v) is 34.1. The standard InChI is InChI=1S/C82H85BN2OS/c1-76(2,3)52-40-59(74-60(41-52)58-24-18-20-26-70(58)86-74)49-27-30-54(31-28-49)85-69-43-53(77(4,5)6)42-68-72(69)83(75-73(85)61-45-64-65(46-71(61)87-75)79(9,10)38-37-78(64,7)8)66-34-29-50(48-21-15-14-16-22-48)39-67(66)84(68)55-32-33-57-56-23-17-19-25-62(56)82(63(57)44-55)47-51-35-36-81(82,13)80(51,11)12/h17-20,23-34,39-46,48,51H,14-16,21-22,35-38,47H2,1-13H3. The predicted molar refractivity (Wildman–Crippen MR) is 373 cm³/mol. The maximum atomic E-state index is 6.85. The second kappa shape index (κ2) is 18.0. The summed E-state index contributed by atoms with van der Waals surface area (Å²) in [5.41, 5.74) is 28.4. The van der Waals surface area contributed by atoms with Crippen LogP contribution in [0.25, 0.3) is 54.3 Å². The Morgan fingerprint density at radius 1 is 0.529 bits per heavy atom. The smallest absolute Gasteiger partial charge is 0.264 e. The number of fused-ring (bicyclic) bond motifs is 18. The Morgan fingerprint density at radius 2 is 1.20 bits per heavy atom. The summed E-state index contributed by atoms with van der Waals surface area (Å²) in [7, 11) is 0. The number of anilines is 6. The molecule has 3 fully saturated rings. The lowest BCUT2D eigenvalue weighted by molar-refractivity contribution is 0.0990. The second-order valence-corrected chi connectivity index (χ2v) is 33.5. The van der Waals surface area contributed by atoms with Crippen molar-refractivity contribution in [3.63, 3.8) is 0 Å². The first-order chi connectivity index (χ1) is 41.5. The minimum Gasteiger partial charge on any atom is -0.455 e. The van der Waals surface area contributed by atoms with Gasteiger partial charge in [0.25, 0.3) is 6.71 Å². The molecule has 17 rings (SSSR count). The normalized spacial score (nSPS) is 22.9. The number of benzene rings is 8. The Bertz CT molecular complexity index is 4580. The average Bonchev–Trinajstić information content (AvgIpc) is 1.52. The molecule has 3 unspecified atom stereocenters. The molecule has 5 aliphatic carbocycles. The van der Waals surface area contributed by atoms with Crippen LogP contribution in [0.5, 0.6) is 0 Å². The number of hydrogen-bond donors (Lipinski definition) is 0. The van der Waals surface area contributed by atoms with Crippen LogP contribution in [0, 0.1) is 16.7 Å². The third-order valence-corrected chi connectivity index (χ3v) is 25.9. The van der Waals surface area contributed by atoms with E-state index in [1.54, 1.807) is 11.1 Å². The van der Waals surface area contributed by atoms with E-state index < -0.39 is 0 Å². The van der Waals surface area contributed by atoms with Crippen LogP contribution >= 0.6 is 11.3 Å². The van der Waals surface area contributed by atoms with Gasteiger partial charge in [0.2, 0.25) is 0 Å². The Balaban J connectivity index is 0.940. The summed E-state index contributed by atoms with van der Waals surface area (Å²) in [4.78, 5) is 5.54. The molecular weight excluding hydrogens is 1070 g/mol. The zero-order valence-electron chi connectivity index (χ0n) is 53.9. The molecule has 3 atom stereocenters. The molecule has 7 aliphatic rings. The molecule has 3 nitrogen and oxygen atoms in total. The number of thiophene rings is 1. The lowest BCUT2D eigenvalue weighted by atomic mass is 9.36. The summed E-state index contributed by atoms with van der Waals surface area (Å²) in [5.74, 6) is 1.26. The van der Waals surface area contributed by atoms with Crippen LogP contribution in [0.15, 0.2) is 150 Å². The fourth-order valence-electron chi connectivity index (χ4n) is 19.1. The third-order valence-electron chi connectivity index (χ3n) is 24.7. The highest BCUT2D eigenvalue weighted by molar-refractivity contribution is 7.33. The van der Waals surface area contributed by atoms with E-state index in [2.05, 4.69) is 257 Å². The SMILES string of the molecule is CC(C)(C)c1cc2c3c(c1)N(c1ccc(-c4cc(C(C)(C)C)cc5c4oc4ccccc45)cc1)c1c(sc4cc5c(cc14)C(C)(C)CCC5(C)C)B3c1ccc(C3CCCCC3)cc1N2c1ccc2c(c1)C1(CC3CCC1(C)C3(C)C)c1ccccc1-2. The molecule has 0 N–H and O–H groups in total. The van der Waals surface area contributed by atoms with E-state index in [0.29, 0.717) is 11.8 Å². The van der Waals surface area contributed by atoms with E-state index in [9.17, 15) is 0 Å². The van der Waals surface area contributed by atoms with Gasteiger partial charge in [-0.25, -0.2) is 0 Å². The van der Waals surface area contributed by atoms with Gasteiger partial charge in [0.1, 0.15) is 11.2 Å². The summed E-state index contributed by atoms with van der Waals surface area (Å²) >= 11 is 2.08. The van der Waals surface area contributed by atoms with Crippen LogP contribution < -0.4 is 25.5 Å². The van der Waals surface area contributed by atoms with Crippen molar-refractivity contribution in [1.29, 1.82) is 0 Å². The molecule has 0 amide bonds. The quantitative estimate of drug-likeness (QED) is 0.164. The first kappa shape index (κ1) is 54.3. The second-order valence-electron chi connectivity index (χ2n) is 32.4. The lowest BCUT2D eigenvalue weighted by Gasteiger charge is -2.48. The number of hydrogen-bond acceptors (Lipinski definition) is 4. The van der Waals surface area contributed by atoms with Gasteiger partial charge in [0.15, 0.2) is 0 Å². The monoisotopic (exact) mass is 1160 g/mol. The van der Waals surface area contributed by atoms with Crippen LogP contribution in [0.4, 0.5) is 34.1 Å². The number of para-hydroxylation sites is 1. The summed E-state index contributed by atoms with van der Waals surface area (Å²) in [6.45, 7) is 32.2. The van der Waals surface area contributed by atoms with Gasteiger partial charge in [-0.3, -0.25) is 0 Å². The van der Waals surface area contributed by atoms with E-state index in [-0.39, 0.29) is 44.6 Å². The molecule has 87 heavy (non-hydrogen) atoms. The fourth-order valence-corrected chi connectivity index (χ4v) is 20.4. The first-order valence-electron chi connectivity index (χ1n) is 33.3. The van der Waals surface area contributed by atoms with E-state index in [0.717, 1.165) is 16.7 Å². The van der Waals surface area contributed by atoms with Crippen molar-refractivity contribution in [2.24, 2.45) is 16.7 Å². The Labute approximate surface area is 521 Å². The van der Waals surface area contributed by atoms with Crippen LogP contribution in [0.1, 0.15) is 199 Å². The molecule has 438 valence electrons.